The molecule has 1 rings (SSSR count). The SMILES string of the molecule is COc1ccc(OC(=O)C(N)=O)cc1. The van der Waals surface area contributed by atoms with Crippen molar-refractivity contribution in [2.75, 3.05) is 7.11 Å². The summed E-state index contributed by atoms with van der Waals surface area (Å²) >= 11 is 0. The van der Waals surface area contributed by atoms with Crippen molar-refractivity contribution in [3.05, 3.63) is 24.3 Å². The molecule has 14 heavy (non-hydrogen) atoms. The molecule has 0 fully saturated rings. The first-order chi connectivity index (χ1) is 6.63. The second-order valence-electron chi connectivity index (χ2n) is 2.43. The molecule has 0 bridgehead atoms. The Morgan fingerprint density at radius 3 is 2.07 bits per heavy atom. The van der Waals surface area contributed by atoms with Gasteiger partial charge in [-0.05, 0) is 24.3 Å². The molecule has 5 heteroatoms. The third kappa shape index (κ3) is 2.48. The van der Waals surface area contributed by atoms with E-state index in [2.05, 4.69) is 4.74 Å². The number of carbonyl (C=O) groups excluding carboxylic acids is 2. The number of benzene rings is 1. The van der Waals surface area contributed by atoms with Crippen LogP contribution < -0.4 is 15.2 Å². The summed E-state index contributed by atoms with van der Waals surface area (Å²) in [6.45, 7) is 0. The lowest BCUT2D eigenvalue weighted by molar-refractivity contribution is -0.146. The Morgan fingerprint density at radius 2 is 1.64 bits per heavy atom. The molecule has 2 N–H and O–H groups in total. The van der Waals surface area contributed by atoms with E-state index in [0.717, 1.165) is 0 Å². The van der Waals surface area contributed by atoms with E-state index in [4.69, 9.17) is 10.5 Å². The average molecular weight is 195 g/mol. The number of methoxy groups -OCH3 is 1. The largest absolute Gasteiger partial charge is 0.497 e. The Balaban J connectivity index is 2.69. The molecule has 1 aromatic carbocycles. The van der Waals surface area contributed by atoms with E-state index in [9.17, 15) is 9.59 Å². The number of hydrogen-bond donors (Lipinski definition) is 1. The Labute approximate surface area is 80.4 Å². The summed E-state index contributed by atoms with van der Waals surface area (Å²) in [5.41, 5.74) is 4.70. The number of esters is 1. The fraction of sp³-hybridized carbons (Fsp3) is 0.111. The van der Waals surface area contributed by atoms with Gasteiger partial charge in [0.15, 0.2) is 0 Å². The van der Waals surface area contributed by atoms with Crippen molar-refractivity contribution >= 4 is 11.9 Å². The van der Waals surface area contributed by atoms with Crippen LogP contribution in [0.2, 0.25) is 0 Å². The number of amides is 1. The van der Waals surface area contributed by atoms with Gasteiger partial charge in [-0.25, -0.2) is 4.79 Å². The van der Waals surface area contributed by atoms with Crippen molar-refractivity contribution in [2.24, 2.45) is 5.73 Å². The quantitative estimate of drug-likeness (QED) is 0.412. The van der Waals surface area contributed by atoms with Crippen molar-refractivity contribution in [1.82, 2.24) is 0 Å². The van der Waals surface area contributed by atoms with E-state index in [1.807, 2.05) is 0 Å². The van der Waals surface area contributed by atoms with Crippen LogP contribution in [-0.4, -0.2) is 19.0 Å². The lowest BCUT2D eigenvalue weighted by Gasteiger charge is -2.02. The highest BCUT2D eigenvalue weighted by Crippen LogP contribution is 2.16. The number of carbonyl (C=O) groups is 2. The second kappa shape index (κ2) is 4.27. The van der Waals surface area contributed by atoms with Gasteiger partial charge in [-0.15, -0.1) is 0 Å². The number of nitrogens with two attached hydrogens (primary N) is 1. The van der Waals surface area contributed by atoms with E-state index < -0.39 is 11.9 Å². The van der Waals surface area contributed by atoms with Crippen LogP contribution in [0.4, 0.5) is 0 Å². The van der Waals surface area contributed by atoms with Gasteiger partial charge in [0.05, 0.1) is 7.11 Å². The van der Waals surface area contributed by atoms with Crippen LogP contribution in [-0.2, 0) is 9.59 Å². The fourth-order valence-corrected chi connectivity index (χ4v) is 0.801. The number of hydrogen-bond acceptors (Lipinski definition) is 4. The molecule has 0 unspecified atom stereocenters. The summed E-state index contributed by atoms with van der Waals surface area (Å²) in [5, 5.41) is 0. The van der Waals surface area contributed by atoms with Crippen LogP contribution in [0.5, 0.6) is 11.5 Å². The molecule has 0 heterocycles. The summed E-state index contributed by atoms with van der Waals surface area (Å²) in [6.07, 6.45) is 0. The summed E-state index contributed by atoms with van der Waals surface area (Å²) < 4.78 is 9.50. The molecule has 1 amide bonds. The molecule has 0 saturated heterocycles. The van der Waals surface area contributed by atoms with Gasteiger partial charge in [0.1, 0.15) is 11.5 Å². The first kappa shape index (κ1) is 10.0. The number of primary amides is 1. The van der Waals surface area contributed by atoms with Crippen molar-refractivity contribution in [1.29, 1.82) is 0 Å². The van der Waals surface area contributed by atoms with Crippen LogP contribution in [0, 0.1) is 0 Å². The lowest BCUT2D eigenvalue weighted by atomic mass is 10.3. The molecule has 5 nitrogen and oxygen atoms in total. The Hall–Kier alpha value is -2.04. The topological polar surface area (TPSA) is 78.6 Å². The molecule has 74 valence electrons. The predicted octanol–water partition coefficient (Wildman–Crippen LogP) is 0.0859. The van der Waals surface area contributed by atoms with Gasteiger partial charge < -0.3 is 15.2 Å². The van der Waals surface area contributed by atoms with Crippen LogP contribution in [0.1, 0.15) is 0 Å². The molecule has 0 spiro atoms. The minimum Gasteiger partial charge on any atom is -0.497 e. The Bertz CT molecular complexity index is 344. The molecule has 0 aromatic heterocycles. The van der Waals surface area contributed by atoms with Gasteiger partial charge in [-0.2, -0.15) is 0 Å². The lowest BCUT2D eigenvalue weighted by Crippen LogP contribution is -2.27. The molecule has 1 aromatic rings. The summed E-state index contributed by atoms with van der Waals surface area (Å²) in [7, 11) is 1.52. The van der Waals surface area contributed by atoms with Gasteiger partial charge in [0.2, 0.25) is 0 Å². The number of rotatable bonds is 2. The Morgan fingerprint density at radius 1 is 1.14 bits per heavy atom. The highest BCUT2D eigenvalue weighted by atomic mass is 16.5. The zero-order valence-electron chi connectivity index (χ0n) is 7.52. The molecule has 0 aliphatic heterocycles. The second-order valence-corrected chi connectivity index (χ2v) is 2.43. The summed E-state index contributed by atoms with van der Waals surface area (Å²) in [6, 6.07) is 6.20. The fourth-order valence-electron chi connectivity index (χ4n) is 0.801. The van der Waals surface area contributed by atoms with Crippen LogP contribution >= 0.6 is 0 Å². The summed E-state index contributed by atoms with van der Waals surface area (Å²) in [5.74, 6) is -1.34. The minimum absolute atomic E-state index is 0.245. The van der Waals surface area contributed by atoms with E-state index in [1.54, 1.807) is 12.1 Å². The maximum Gasteiger partial charge on any atom is 0.401 e. The van der Waals surface area contributed by atoms with E-state index in [1.165, 1.54) is 19.2 Å². The normalized spacial score (nSPS) is 9.21. The van der Waals surface area contributed by atoms with Gasteiger partial charge in [0, 0.05) is 0 Å². The number of ether oxygens (including phenoxy) is 2. The third-order valence-electron chi connectivity index (χ3n) is 1.47. The first-order valence-electron chi connectivity index (χ1n) is 3.79. The van der Waals surface area contributed by atoms with Gasteiger partial charge in [-0.3, -0.25) is 4.79 Å². The molecular formula is C9H9NO4. The van der Waals surface area contributed by atoms with E-state index >= 15 is 0 Å². The minimum atomic E-state index is -1.12. The highest BCUT2D eigenvalue weighted by molar-refractivity contribution is 6.32. The molecule has 0 atom stereocenters. The molecule has 0 saturated carbocycles. The van der Waals surface area contributed by atoms with Crippen molar-refractivity contribution in [2.45, 2.75) is 0 Å². The monoisotopic (exact) mass is 195 g/mol. The van der Waals surface area contributed by atoms with Gasteiger partial charge in [0.25, 0.3) is 0 Å². The van der Waals surface area contributed by atoms with E-state index in [-0.39, 0.29) is 5.75 Å². The Kier molecular flexibility index (Phi) is 3.06. The van der Waals surface area contributed by atoms with Crippen molar-refractivity contribution in [3.63, 3.8) is 0 Å². The standard InChI is InChI=1S/C9H9NO4/c1-13-6-2-4-7(5-3-6)14-9(12)8(10)11/h2-5H,1H3,(H2,10,11). The maximum atomic E-state index is 10.7. The third-order valence-corrected chi connectivity index (χ3v) is 1.47. The molecule has 0 aliphatic carbocycles. The average Bonchev–Trinajstić information content (AvgIpc) is 2.19. The predicted molar refractivity (Wildman–Crippen MR) is 47.8 cm³/mol. The molecule has 0 radical (unpaired) electrons. The van der Waals surface area contributed by atoms with Crippen LogP contribution in [0.25, 0.3) is 0 Å². The van der Waals surface area contributed by atoms with Crippen LogP contribution in [0.3, 0.4) is 0 Å². The zero-order chi connectivity index (χ0) is 10.6. The smallest absolute Gasteiger partial charge is 0.401 e. The van der Waals surface area contributed by atoms with Crippen molar-refractivity contribution in [3.8, 4) is 11.5 Å². The van der Waals surface area contributed by atoms with Gasteiger partial charge >= 0.3 is 11.9 Å². The van der Waals surface area contributed by atoms with Crippen molar-refractivity contribution < 1.29 is 19.1 Å². The first-order valence-corrected chi connectivity index (χ1v) is 3.79. The van der Waals surface area contributed by atoms with E-state index in [0.29, 0.717) is 5.75 Å². The van der Waals surface area contributed by atoms with Crippen LogP contribution in [0.15, 0.2) is 24.3 Å². The molecular weight excluding hydrogens is 186 g/mol. The zero-order valence-corrected chi connectivity index (χ0v) is 7.52. The van der Waals surface area contributed by atoms with Gasteiger partial charge in [-0.1, -0.05) is 0 Å². The highest BCUT2D eigenvalue weighted by Gasteiger charge is 2.10. The summed E-state index contributed by atoms with van der Waals surface area (Å²) in [4.78, 5) is 21.1. The molecule has 0 aliphatic rings. The maximum absolute atomic E-state index is 10.7.